The molecule has 0 fully saturated rings. The molecule has 0 amide bonds. The molecule has 0 unspecified atom stereocenters. The Morgan fingerprint density at radius 2 is 0.789 bits per heavy atom. The van der Waals surface area contributed by atoms with Gasteiger partial charge in [-0.1, -0.05) is 218 Å². The van der Waals surface area contributed by atoms with E-state index in [1.165, 1.54) is 21.6 Å². The van der Waals surface area contributed by atoms with Crippen molar-refractivity contribution >= 4 is 50.6 Å². The SMILES string of the molecule is FC(F)(F)c1ccc(-c2ccc3c4ccccc4n(-c4ccc(-c5cccc([Si](c6ccccc6)(c6ccccc6)c6ccccc6)c5)c(-c5nc(-c6ccccc6)nc(-c6ccccc6)n5)c4)c3c2)c(C(F)(F)F)c1. The number of hydrogen-bond donors (Lipinski definition) is 0. The van der Waals surface area contributed by atoms with Crippen LogP contribution < -0.4 is 20.7 Å². The lowest BCUT2D eigenvalue weighted by Crippen LogP contribution is -2.74. The lowest BCUT2D eigenvalue weighted by molar-refractivity contribution is -0.142. The maximum Gasteiger partial charge on any atom is 0.417 e. The zero-order valence-corrected chi connectivity index (χ0v) is 41.3. The van der Waals surface area contributed by atoms with Crippen molar-refractivity contribution in [3.63, 3.8) is 0 Å². The molecule has 0 atom stereocenters. The summed E-state index contributed by atoms with van der Waals surface area (Å²) in [6.07, 6.45) is -10.0. The summed E-state index contributed by atoms with van der Waals surface area (Å²) in [7, 11) is -3.02. The van der Waals surface area contributed by atoms with Crippen molar-refractivity contribution in [3.05, 3.63) is 266 Å². The standard InChI is InChI=1S/C65H42F6N4Si/c66-64(67,68)47-34-37-54(58(41-47)65(69,70)71)46-33-36-56-55-31-16-17-32-59(55)75(60(56)40-46)48-35-38-53(57(42-48)63-73-61(43-19-6-1-7-20-43)72-62(74-63)44-21-8-2-9-22-44)45-23-18-30-52(39-45)76(49-24-10-3-11-25-49,50-26-12-4-13-27-50)51-28-14-5-15-29-51/h1-42H. The Balaban J connectivity index is 1.13. The van der Waals surface area contributed by atoms with Crippen LogP contribution in [0.1, 0.15) is 11.1 Å². The molecule has 12 aromatic rings. The molecule has 0 saturated carbocycles. The molecule has 11 heteroatoms. The molecule has 12 rings (SSSR count). The Hall–Kier alpha value is -9.19. The Bertz CT molecular complexity index is 3920. The first-order valence-electron chi connectivity index (χ1n) is 24.6. The van der Waals surface area contributed by atoms with Crippen molar-refractivity contribution < 1.29 is 26.3 Å². The van der Waals surface area contributed by atoms with Crippen molar-refractivity contribution in [2.24, 2.45) is 0 Å². The Morgan fingerprint density at radius 3 is 1.36 bits per heavy atom. The zero-order chi connectivity index (χ0) is 52.0. The van der Waals surface area contributed by atoms with Crippen LogP contribution in [0.15, 0.2) is 255 Å². The first-order chi connectivity index (χ1) is 36.9. The molecule has 0 aliphatic rings. The van der Waals surface area contributed by atoms with Crippen LogP contribution in [-0.4, -0.2) is 27.6 Å². The fraction of sp³-hybridized carbons (Fsp3) is 0.0308. The maximum atomic E-state index is 14.7. The first kappa shape index (κ1) is 47.8. The maximum absolute atomic E-state index is 14.7. The van der Waals surface area contributed by atoms with E-state index in [2.05, 4.69) is 97.1 Å². The van der Waals surface area contributed by atoms with Crippen LogP contribution in [0.4, 0.5) is 26.3 Å². The van der Waals surface area contributed by atoms with Gasteiger partial charge >= 0.3 is 12.4 Å². The molecule has 0 saturated heterocycles. The van der Waals surface area contributed by atoms with Crippen LogP contribution in [0.2, 0.25) is 0 Å². The number of aromatic nitrogens is 4. The summed E-state index contributed by atoms with van der Waals surface area (Å²) in [6.45, 7) is 0. The van der Waals surface area contributed by atoms with Crippen molar-refractivity contribution in [3.8, 4) is 62.1 Å². The van der Waals surface area contributed by atoms with E-state index in [1.54, 1.807) is 12.1 Å². The summed E-state index contributed by atoms with van der Waals surface area (Å²) in [5.74, 6) is 1.29. The molecular weight excluding hydrogens is 979 g/mol. The molecule has 0 radical (unpaired) electrons. The van der Waals surface area contributed by atoms with Gasteiger partial charge in [0, 0.05) is 33.2 Å². The van der Waals surface area contributed by atoms with Gasteiger partial charge in [-0.05, 0) is 79.4 Å². The molecule has 2 heterocycles. The topological polar surface area (TPSA) is 43.6 Å². The van der Waals surface area contributed by atoms with E-state index in [1.807, 2.05) is 126 Å². The van der Waals surface area contributed by atoms with Crippen LogP contribution in [-0.2, 0) is 12.4 Å². The van der Waals surface area contributed by atoms with Crippen molar-refractivity contribution in [2.75, 3.05) is 0 Å². The number of halogens is 6. The zero-order valence-electron chi connectivity index (χ0n) is 40.3. The van der Waals surface area contributed by atoms with Gasteiger partial charge in [-0.25, -0.2) is 15.0 Å². The molecule has 4 nitrogen and oxygen atoms in total. The fourth-order valence-electron chi connectivity index (χ4n) is 10.6. The second-order valence-corrected chi connectivity index (χ2v) is 22.3. The number of hydrogen-bond acceptors (Lipinski definition) is 3. The summed E-state index contributed by atoms with van der Waals surface area (Å²) in [4.78, 5) is 15.5. The lowest BCUT2D eigenvalue weighted by atomic mass is 9.96. The van der Waals surface area contributed by atoms with E-state index >= 15 is 0 Å². The number of benzene rings is 10. The van der Waals surface area contributed by atoms with E-state index in [-0.39, 0.29) is 17.2 Å². The van der Waals surface area contributed by atoms with Gasteiger partial charge in [0.2, 0.25) is 0 Å². The minimum absolute atomic E-state index is 0.103. The molecule has 10 aromatic carbocycles. The van der Waals surface area contributed by atoms with Crippen molar-refractivity contribution in [1.82, 2.24) is 19.5 Å². The van der Waals surface area contributed by atoms with E-state index in [4.69, 9.17) is 15.0 Å². The summed E-state index contributed by atoms with van der Waals surface area (Å²) >= 11 is 0. The highest BCUT2D eigenvalue weighted by molar-refractivity contribution is 7.19. The highest BCUT2D eigenvalue weighted by atomic mass is 28.3. The molecule has 0 spiro atoms. The van der Waals surface area contributed by atoms with Crippen LogP contribution in [0.25, 0.3) is 83.9 Å². The molecule has 0 N–H and O–H groups in total. The average molecular weight is 1020 g/mol. The van der Waals surface area contributed by atoms with Gasteiger partial charge in [-0.3, -0.25) is 0 Å². The second-order valence-electron chi connectivity index (χ2n) is 18.5. The van der Waals surface area contributed by atoms with Gasteiger partial charge in [0.1, 0.15) is 0 Å². The second kappa shape index (κ2) is 19.3. The van der Waals surface area contributed by atoms with Gasteiger partial charge in [0.15, 0.2) is 25.5 Å². The number of rotatable bonds is 10. The number of para-hydroxylation sites is 1. The highest BCUT2D eigenvalue weighted by Gasteiger charge is 2.42. The number of nitrogens with zero attached hydrogens (tertiary/aromatic N) is 4. The molecular formula is C65H42F6N4Si. The average Bonchev–Trinajstić information content (AvgIpc) is 3.89. The van der Waals surface area contributed by atoms with E-state index in [0.29, 0.717) is 40.3 Å². The first-order valence-corrected chi connectivity index (χ1v) is 26.6. The van der Waals surface area contributed by atoms with E-state index < -0.39 is 31.6 Å². The van der Waals surface area contributed by atoms with Gasteiger partial charge in [-0.2, -0.15) is 26.3 Å². The predicted molar refractivity (Wildman–Crippen MR) is 295 cm³/mol. The predicted octanol–water partition coefficient (Wildman–Crippen LogP) is 14.7. The van der Waals surface area contributed by atoms with Crippen LogP contribution in [0.5, 0.6) is 0 Å². The van der Waals surface area contributed by atoms with Crippen LogP contribution >= 0.6 is 0 Å². The third-order valence-electron chi connectivity index (χ3n) is 14.1. The van der Waals surface area contributed by atoms with Gasteiger partial charge < -0.3 is 4.57 Å². The molecule has 0 bridgehead atoms. The monoisotopic (exact) mass is 1020 g/mol. The van der Waals surface area contributed by atoms with Gasteiger partial charge in [0.05, 0.1) is 22.2 Å². The lowest BCUT2D eigenvalue weighted by Gasteiger charge is -2.34. The Kier molecular flexibility index (Phi) is 12.1. The van der Waals surface area contributed by atoms with Crippen molar-refractivity contribution in [2.45, 2.75) is 12.4 Å². The largest absolute Gasteiger partial charge is 0.417 e. The fourth-order valence-corrected chi connectivity index (χ4v) is 15.4. The summed E-state index contributed by atoms with van der Waals surface area (Å²) in [6, 6.07) is 80.4. The molecule has 0 aliphatic carbocycles. The van der Waals surface area contributed by atoms with Crippen molar-refractivity contribution in [1.29, 1.82) is 0 Å². The summed E-state index contributed by atoms with van der Waals surface area (Å²) in [5, 5.41) is 6.34. The number of alkyl halides is 6. The highest BCUT2D eigenvalue weighted by Crippen LogP contribution is 2.44. The quantitative estimate of drug-likeness (QED) is 0.0779. The number of fused-ring (bicyclic) bond motifs is 3. The van der Waals surface area contributed by atoms with Gasteiger partial charge in [0.25, 0.3) is 0 Å². The summed E-state index contributed by atoms with van der Waals surface area (Å²) in [5.41, 5.74) is 2.85. The summed E-state index contributed by atoms with van der Waals surface area (Å²) < 4.78 is 87.8. The smallest absolute Gasteiger partial charge is 0.309 e. The third-order valence-corrected chi connectivity index (χ3v) is 18.8. The molecule has 368 valence electrons. The van der Waals surface area contributed by atoms with Crippen LogP contribution in [0.3, 0.4) is 0 Å². The molecule has 76 heavy (non-hydrogen) atoms. The van der Waals surface area contributed by atoms with Gasteiger partial charge in [-0.15, -0.1) is 0 Å². The molecule has 0 aliphatic heterocycles. The minimum Gasteiger partial charge on any atom is -0.309 e. The Labute approximate surface area is 434 Å². The molecule has 2 aromatic heterocycles. The van der Waals surface area contributed by atoms with Crippen LogP contribution in [0, 0.1) is 0 Å². The third kappa shape index (κ3) is 8.63. The Morgan fingerprint density at radius 1 is 0.316 bits per heavy atom. The normalized spacial score (nSPS) is 12.1. The van der Waals surface area contributed by atoms with E-state index in [9.17, 15) is 26.3 Å². The minimum atomic E-state index is -5.08. The van der Waals surface area contributed by atoms with E-state index in [0.717, 1.165) is 49.8 Å².